The van der Waals surface area contributed by atoms with Crippen LogP contribution in [-0.2, 0) is 11.2 Å². The first-order chi connectivity index (χ1) is 7.67. The maximum Gasteiger partial charge on any atom is 0.274 e. The predicted octanol–water partition coefficient (Wildman–Crippen LogP) is -0.0214. The molecule has 0 aliphatic rings. The Kier molecular flexibility index (Phi) is 4.75. The van der Waals surface area contributed by atoms with Crippen molar-refractivity contribution in [1.29, 1.82) is 0 Å². The highest BCUT2D eigenvalue weighted by Crippen LogP contribution is 2.14. The number of hydrogen-bond donors (Lipinski definition) is 3. The lowest BCUT2D eigenvalue weighted by Gasteiger charge is -2.13. The van der Waals surface area contributed by atoms with Crippen LogP contribution in [0, 0.1) is 0 Å². The minimum absolute atomic E-state index is 0.117. The Bertz CT molecular complexity index is 338. The first-order valence-corrected chi connectivity index (χ1v) is 5.04. The molecule has 0 saturated heterocycles. The van der Waals surface area contributed by atoms with E-state index in [2.05, 4.69) is 0 Å². The lowest BCUT2D eigenvalue weighted by atomic mass is 10.1. The summed E-state index contributed by atoms with van der Waals surface area (Å²) in [5.41, 5.74) is 3.04. The van der Waals surface area contributed by atoms with Gasteiger partial charge in [0.05, 0.1) is 0 Å². The molecule has 88 valence electrons. The molecule has 0 spiro atoms. The summed E-state index contributed by atoms with van der Waals surface area (Å²) in [6.45, 7) is 1.73. The molecule has 1 amide bonds. The Balaban J connectivity index is 2.58. The van der Waals surface area contributed by atoms with E-state index in [0.717, 1.165) is 5.56 Å². The molecule has 0 aliphatic carbocycles. The van der Waals surface area contributed by atoms with E-state index >= 15 is 0 Å². The summed E-state index contributed by atoms with van der Waals surface area (Å²) >= 11 is 0. The fraction of sp³-hybridized carbons (Fsp3) is 0.364. The van der Waals surface area contributed by atoms with Crippen LogP contribution in [0.5, 0.6) is 5.75 Å². The zero-order valence-corrected chi connectivity index (χ0v) is 9.14. The van der Waals surface area contributed by atoms with Gasteiger partial charge in [0.1, 0.15) is 5.75 Å². The molecular formula is C11H16N2O3. The lowest BCUT2D eigenvalue weighted by Crippen LogP contribution is -2.40. The van der Waals surface area contributed by atoms with Gasteiger partial charge in [0.25, 0.3) is 5.91 Å². The molecule has 1 atom stereocenters. The van der Waals surface area contributed by atoms with Gasteiger partial charge in [-0.05, 0) is 31.0 Å². The van der Waals surface area contributed by atoms with E-state index in [1.54, 1.807) is 19.1 Å². The lowest BCUT2D eigenvalue weighted by molar-refractivity contribution is -0.127. The zero-order chi connectivity index (χ0) is 12.0. The first-order valence-electron chi connectivity index (χ1n) is 5.04. The maximum absolute atomic E-state index is 11.1. The van der Waals surface area contributed by atoms with Crippen molar-refractivity contribution in [2.45, 2.75) is 19.4 Å². The van der Waals surface area contributed by atoms with Gasteiger partial charge < -0.3 is 9.84 Å². The smallest absolute Gasteiger partial charge is 0.274 e. The van der Waals surface area contributed by atoms with E-state index < -0.39 is 6.10 Å². The Morgan fingerprint density at radius 2 is 2.12 bits per heavy atom. The number of ether oxygens (including phenoxy) is 1. The normalized spacial score (nSPS) is 11.9. The monoisotopic (exact) mass is 224 g/mol. The van der Waals surface area contributed by atoms with Crippen LogP contribution in [-0.4, -0.2) is 23.7 Å². The molecule has 1 rings (SSSR count). The summed E-state index contributed by atoms with van der Waals surface area (Å²) in [6, 6.07) is 7.20. The predicted molar refractivity (Wildman–Crippen MR) is 59.7 cm³/mol. The van der Waals surface area contributed by atoms with Crippen molar-refractivity contribution < 1.29 is 14.6 Å². The second-order valence-corrected chi connectivity index (χ2v) is 3.39. The molecule has 16 heavy (non-hydrogen) atoms. The van der Waals surface area contributed by atoms with Crippen molar-refractivity contribution in [3.8, 4) is 5.75 Å². The first kappa shape index (κ1) is 12.5. The van der Waals surface area contributed by atoms with Gasteiger partial charge in [-0.25, -0.2) is 5.84 Å². The summed E-state index contributed by atoms with van der Waals surface area (Å²) in [5, 5.41) is 8.74. The standard InChI is InChI=1S/C11H16N2O3/c1-8(11(15)13-12)16-10-4-2-9(3-5-10)6-7-14/h2-5,8,14H,6-7,12H2,1H3,(H,13,15). The van der Waals surface area contributed by atoms with E-state index in [4.69, 9.17) is 15.7 Å². The van der Waals surface area contributed by atoms with Crippen molar-refractivity contribution in [2.24, 2.45) is 5.84 Å². The van der Waals surface area contributed by atoms with Crippen molar-refractivity contribution in [2.75, 3.05) is 6.61 Å². The highest BCUT2D eigenvalue weighted by molar-refractivity contribution is 5.80. The van der Waals surface area contributed by atoms with Crippen LogP contribution in [0.3, 0.4) is 0 Å². The highest BCUT2D eigenvalue weighted by atomic mass is 16.5. The number of carbonyl (C=O) groups is 1. The molecule has 0 aromatic heterocycles. The Morgan fingerprint density at radius 1 is 1.50 bits per heavy atom. The van der Waals surface area contributed by atoms with Gasteiger partial charge in [-0.1, -0.05) is 12.1 Å². The van der Waals surface area contributed by atoms with Gasteiger partial charge >= 0.3 is 0 Å². The van der Waals surface area contributed by atoms with Crippen LogP contribution in [0.1, 0.15) is 12.5 Å². The van der Waals surface area contributed by atoms with Gasteiger partial charge in [-0.3, -0.25) is 10.2 Å². The molecule has 0 aliphatic heterocycles. The third-order valence-corrected chi connectivity index (χ3v) is 2.15. The molecule has 1 unspecified atom stereocenters. The van der Waals surface area contributed by atoms with Gasteiger partial charge in [-0.15, -0.1) is 0 Å². The number of aliphatic hydroxyl groups excluding tert-OH is 1. The summed E-state index contributed by atoms with van der Waals surface area (Å²) in [4.78, 5) is 11.1. The van der Waals surface area contributed by atoms with E-state index in [1.165, 1.54) is 0 Å². The molecular weight excluding hydrogens is 208 g/mol. The number of benzene rings is 1. The van der Waals surface area contributed by atoms with Crippen molar-refractivity contribution >= 4 is 5.91 Å². The number of carbonyl (C=O) groups excluding carboxylic acids is 1. The molecule has 5 heteroatoms. The third-order valence-electron chi connectivity index (χ3n) is 2.15. The number of amides is 1. The topological polar surface area (TPSA) is 84.6 Å². The number of rotatable bonds is 5. The van der Waals surface area contributed by atoms with Gasteiger partial charge in [-0.2, -0.15) is 0 Å². The number of hydrazine groups is 1. The zero-order valence-electron chi connectivity index (χ0n) is 9.14. The molecule has 0 saturated carbocycles. The number of hydrogen-bond acceptors (Lipinski definition) is 4. The van der Waals surface area contributed by atoms with Crippen molar-refractivity contribution in [3.05, 3.63) is 29.8 Å². The molecule has 5 nitrogen and oxygen atoms in total. The molecule has 0 bridgehead atoms. The quantitative estimate of drug-likeness (QED) is 0.373. The van der Waals surface area contributed by atoms with E-state index in [0.29, 0.717) is 12.2 Å². The minimum Gasteiger partial charge on any atom is -0.481 e. The summed E-state index contributed by atoms with van der Waals surface area (Å²) < 4.78 is 5.35. The molecule has 0 radical (unpaired) electrons. The van der Waals surface area contributed by atoms with Crippen LogP contribution in [0.2, 0.25) is 0 Å². The van der Waals surface area contributed by atoms with Crippen LogP contribution >= 0.6 is 0 Å². The minimum atomic E-state index is -0.631. The summed E-state index contributed by atoms with van der Waals surface area (Å²) in [5.74, 6) is 5.20. The molecule has 0 heterocycles. The Morgan fingerprint density at radius 3 is 2.62 bits per heavy atom. The van der Waals surface area contributed by atoms with Crippen molar-refractivity contribution in [3.63, 3.8) is 0 Å². The van der Waals surface area contributed by atoms with Gasteiger partial charge in [0.15, 0.2) is 6.10 Å². The Labute approximate surface area is 94.2 Å². The molecule has 1 aromatic rings. The van der Waals surface area contributed by atoms with Crippen LogP contribution in [0.25, 0.3) is 0 Å². The summed E-state index contributed by atoms with van der Waals surface area (Å²) in [7, 11) is 0. The molecule has 1 aromatic carbocycles. The third kappa shape index (κ3) is 3.52. The molecule has 0 fully saturated rings. The van der Waals surface area contributed by atoms with Crippen LogP contribution in [0.4, 0.5) is 0 Å². The highest BCUT2D eigenvalue weighted by Gasteiger charge is 2.12. The SMILES string of the molecule is CC(Oc1ccc(CCO)cc1)C(=O)NN. The largest absolute Gasteiger partial charge is 0.481 e. The second-order valence-electron chi connectivity index (χ2n) is 3.39. The Hall–Kier alpha value is -1.59. The molecule has 4 N–H and O–H groups in total. The maximum atomic E-state index is 11.1. The fourth-order valence-corrected chi connectivity index (χ4v) is 1.24. The van der Waals surface area contributed by atoms with Gasteiger partial charge in [0.2, 0.25) is 0 Å². The number of nitrogens with two attached hydrogens (primary N) is 1. The number of nitrogens with one attached hydrogen (secondary N) is 1. The van der Waals surface area contributed by atoms with Crippen LogP contribution < -0.4 is 16.0 Å². The number of aliphatic hydroxyl groups is 1. The van der Waals surface area contributed by atoms with E-state index in [-0.39, 0.29) is 12.5 Å². The summed E-state index contributed by atoms with van der Waals surface area (Å²) in [6.07, 6.45) is -0.0206. The fourth-order valence-electron chi connectivity index (χ4n) is 1.24. The average molecular weight is 224 g/mol. The van der Waals surface area contributed by atoms with Gasteiger partial charge in [0, 0.05) is 6.61 Å². The van der Waals surface area contributed by atoms with Crippen LogP contribution in [0.15, 0.2) is 24.3 Å². The average Bonchev–Trinajstić information content (AvgIpc) is 2.31. The van der Waals surface area contributed by atoms with Crippen molar-refractivity contribution in [1.82, 2.24) is 5.43 Å². The van der Waals surface area contributed by atoms with E-state index in [1.807, 2.05) is 17.6 Å². The van der Waals surface area contributed by atoms with E-state index in [9.17, 15) is 4.79 Å². The second kappa shape index (κ2) is 6.09.